The van der Waals surface area contributed by atoms with Gasteiger partial charge in [0, 0.05) is 6.21 Å². The molecule has 0 aliphatic carbocycles. The van der Waals surface area contributed by atoms with Gasteiger partial charge in [-0.1, -0.05) is 6.08 Å². The molecule has 0 spiro atoms. The highest BCUT2D eigenvalue weighted by atomic mass is 16.4. The molecule has 0 aromatic heterocycles. The van der Waals surface area contributed by atoms with E-state index < -0.39 is 7.12 Å². The first-order valence-corrected chi connectivity index (χ1v) is 2.85. The van der Waals surface area contributed by atoms with Gasteiger partial charge in [0.15, 0.2) is 0 Å². The summed E-state index contributed by atoms with van der Waals surface area (Å²) in [5.41, 5.74) is 0. The molecule has 0 bridgehead atoms. The van der Waals surface area contributed by atoms with Gasteiger partial charge in [-0.05, 0) is 12.5 Å². The van der Waals surface area contributed by atoms with E-state index in [1.807, 2.05) is 6.08 Å². The number of aliphatic imine (C=N–C) groups is 1. The minimum Gasteiger partial charge on any atom is -0.426 e. The smallest absolute Gasteiger partial charge is 0.426 e. The predicted octanol–water partition coefficient (Wildman–Crippen LogP) is -0.602. The monoisotopic (exact) mass is 125 g/mol. The predicted molar refractivity (Wildman–Crippen MR) is 36.2 cm³/mol. The molecule has 2 N–H and O–H groups in total. The number of hydrogen-bond acceptors (Lipinski definition) is 3. The normalized spacial score (nSPS) is 24.4. The van der Waals surface area contributed by atoms with Crippen LogP contribution < -0.4 is 0 Å². The number of hydrogen-bond donors (Lipinski definition) is 2. The number of nitrogens with zero attached hydrogens (tertiary/aromatic N) is 1. The molecular formula is C5H8BNO2. The minimum atomic E-state index is -1.31. The fourth-order valence-corrected chi connectivity index (χ4v) is 0.699. The van der Waals surface area contributed by atoms with Gasteiger partial charge in [-0.15, -0.1) is 0 Å². The van der Waals surface area contributed by atoms with Crippen LogP contribution in [0.3, 0.4) is 0 Å². The van der Waals surface area contributed by atoms with Crippen LogP contribution in [0.4, 0.5) is 0 Å². The summed E-state index contributed by atoms with van der Waals surface area (Å²) in [5.74, 6) is -0.352. The third-order valence-corrected chi connectivity index (χ3v) is 1.22. The first kappa shape index (κ1) is 6.51. The Morgan fingerprint density at radius 3 is 2.67 bits per heavy atom. The summed E-state index contributed by atoms with van der Waals surface area (Å²) in [6.45, 7) is 0. The first-order valence-electron chi connectivity index (χ1n) is 2.85. The molecule has 1 unspecified atom stereocenters. The molecule has 3 nitrogen and oxygen atoms in total. The van der Waals surface area contributed by atoms with Gasteiger partial charge >= 0.3 is 7.12 Å². The van der Waals surface area contributed by atoms with Crippen LogP contribution in [-0.4, -0.2) is 29.3 Å². The lowest BCUT2D eigenvalue weighted by molar-refractivity contribution is 0.387. The molecule has 1 rings (SSSR count). The van der Waals surface area contributed by atoms with Gasteiger partial charge < -0.3 is 10.0 Å². The van der Waals surface area contributed by atoms with Crippen molar-refractivity contribution in [1.82, 2.24) is 0 Å². The van der Waals surface area contributed by atoms with E-state index in [9.17, 15) is 0 Å². The molecule has 1 aliphatic rings. The van der Waals surface area contributed by atoms with E-state index in [1.165, 1.54) is 0 Å². The molecule has 1 atom stereocenters. The average molecular weight is 125 g/mol. The van der Waals surface area contributed by atoms with Gasteiger partial charge in [-0.25, -0.2) is 0 Å². The Morgan fingerprint density at radius 2 is 2.33 bits per heavy atom. The zero-order valence-corrected chi connectivity index (χ0v) is 4.94. The van der Waals surface area contributed by atoms with E-state index in [0.717, 1.165) is 0 Å². The van der Waals surface area contributed by atoms with Crippen molar-refractivity contribution in [1.29, 1.82) is 0 Å². The van der Waals surface area contributed by atoms with Crippen LogP contribution in [-0.2, 0) is 0 Å². The summed E-state index contributed by atoms with van der Waals surface area (Å²) < 4.78 is 0. The molecule has 0 aromatic carbocycles. The van der Waals surface area contributed by atoms with E-state index in [-0.39, 0.29) is 5.94 Å². The van der Waals surface area contributed by atoms with Crippen molar-refractivity contribution < 1.29 is 10.0 Å². The molecule has 0 radical (unpaired) electrons. The summed E-state index contributed by atoms with van der Waals surface area (Å²) in [5, 5.41) is 17.2. The van der Waals surface area contributed by atoms with Crippen LogP contribution in [0.5, 0.6) is 0 Å². The second-order valence-corrected chi connectivity index (χ2v) is 1.94. The molecule has 0 fully saturated rings. The van der Waals surface area contributed by atoms with Gasteiger partial charge in [0.05, 0.1) is 5.94 Å². The maximum Gasteiger partial charge on any atom is 0.478 e. The van der Waals surface area contributed by atoms with Crippen molar-refractivity contribution in [3.8, 4) is 0 Å². The van der Waals surface area contributed by atoms with Crippen molar-refractivity contribution in [3.63, 3.8) is 0 Å². The van der Waals surface area contributed by atoms with Crippen molar-refractivity contribution >= 4 is 13.3 Å². The molecular weight excluding hydrogens is 117 g/mol. The summed E-state index contributed by atoms with van der Waals surface area (Å²) in [6.07, 6.45) is 5.85. The van der Waals surface area contributed by atoms with E-state index in [1.54, 1.807) is 12.3 Å². The number of rotatable bonds is 1. The lowest BCUT2D eigenvalue weighted by Crippen LogP contribution is -2.29. The van der Waals surface area contributed by atoms with E-state index >= 15 is 0 Å². The zero-order valence-electron chi connectivity index (χ0n) is 4.94. The number of dihydropyridines is 1. The zero-order chi connectivity index (χ0) is 6.69. The first-order chi connectivity index (χ1) is 4.30. The van der Waals surface area contributed by atoms with Crippen LogP contribution in [0.1, 0.15) is 6.42 Å². The van der Waals surface area contributed by atoms with Crippen LogP contribution >= 0.6 is 0 Å². The van der Waals surface area contributed by atoms with Crippen molar-refractivity contribution in [2.24, 2.45) is 4.99 Å². The fraction of sp³-hybridized carbons (Fsp3) is 0.400. The van der Waals surface area contributed by atoms with Gasteiger partial charge in [0.2, 0.25) is 0 Å². The van der Waals surface area contributed by atoms with Gasteiger partial charge in [0.1, 0.15) is 0 Å². The highest BCUT2D eigenvalue weighted by Gasteiger charge is 2.20. The standard InChI is InChI=1S/C5H8BNO2/c8-6(9)5-3-1-2-4-7-5/h1-2,4-5,8-9H,3H2. The third kappa shape index (κ3) is 1.66. The Bertz CT molecular complexity index is 144. The second kappa shape index (κ2) is 2.80. The van der Waals surface area contributed by atoms with Crippen LogP contribution in [0.15, 0.2) is 17.1 Å². The molecule has 1 heterocycles. The molecule has 0 saturated heterocycles. The van der Waals surface area contributed by atoms with E-state index in [4.69, 9.17) is 10.0 Å². The Morgan fingerprint density at radius 1 is 1.56 bits per heavy atom. The van der Waals surface area contributed by atoms with Gasteiger partial charge in [-0.3, -0.25) is 4.99 Å². The van der Waals surface area contributed by atoms with Crippen molar-refractivity contribution in [2.75, 3.05) is 0 Å². The Labute approximate surface area is 53.9 Å². The molecule has 48 valence electrons. The SMILES string of the molecule is OB(O)C1CC=CC=N1. The lowest BCUT2D eigenvalue weighted by atomic mass is 9.77. The molecule has 9 heavy (non-hydrogen) atoms. The summed E-state index contributed by atoms with van der Waals surface area (Å²) in [6, 6.07) is 0. The van der Waals surface area contributed by atoms with Crippen LogP contribution in [0.25, 0.3) is 0 Å². The minimum absolute atomic E-state index is 0.352. The third-order valence-electron chi connectivity index (χ3n) is 1.22. The largest absolute Gasteiger partial charge is 0.478 e. The van der Waals surface area contributed by atoms with Crippen molar-refractivity contribution in [3.05, 3.63) is 12.2 Å². The quantitative estimate of drug-likeness (QED) is 0.459. The Balaban J connectivity index is 2.46. The maximum absolute atomic E-state index is 8.59. The fourth-order valence-electron chi connectivity index (χ4n) is 0.699. The van der Waals surface area contributed by atoms with Crippen LogP contribution in [0, 0.1) is 0 Å². The number of allylic oxidation sites excluding steroid dienone is 1. The summed E-state index contributed by atoms with van der Waals surface area (Å²) in [7, 11) is -1.31. The van der Waals surface area contributed by atoms with Gasteiger partial charge in [-0.2, -0.15) is 0 Å². The van der Waals surface area contributed by atoms with Crippen molar-refractivity contribution in [2.45, 2.75) is 12.4 Å². The topological polar surface area (TPSA) is 52.8 Å². The molecule has 4 heteroatoms. The summed E-state index contributed by atoms with van der Waals surface area (Å²) >= 11 is 0. The molecule has 1 aliphatic heterocycles. The van der Waals surface area contributed by atoms with Gasteiger partial charge in [0.25, 0.3) is 0 Å². The molecule has 0 aromatic rings. The lowest BCUT2D eigenvalue weighted by Gasteiger charge is -2.09. The molecule has 0 amide bonds. The summed E-state index contributed by atoms with van der Waals surface area (Å²) in [4.78, 5) is 3.82. The Hall–Kier alpha value is -0.605. The highest BCUT2D eigenvalue weighted by Crippen LogP contribution is 2.03. The van der Waals surface area contributed by atoms with E-state index in [2.05, 4.69) is 4.99 Å². The Kier molecular flexibility index (Phi) is 2.03. The van der Waals surface area contributed by atoms with E-state index in [0.29, 0.717) is 6.42 Å². The highest BCUT2D eigenvalue weighted by molar-refractivity contribution is 6.43. The van der Waals surface area contributed by atoms with Crippen LogP contribution in [0.2, 0.25) is 0 Å². The second-order valence-electron chi connectivity index (χ2n) is 1.94. The average Bonchev–Trinajstić information content (AvgIpc) is 1.90. The maximum atomic E-state index is 8.59. The molecule has 0 saturated carbocycles.